The van der Waals surface area contributed by atoms with Crippen molar-refractivity contribution < 1.29 is 4.74 Å². The summed E-state index contributed by atoms with van der Waals surface area (Å²) in [5, 5.41) is 3.32. The van der Waals surface area contributed by atoms with Crippen LogP contribution in [-0.2, 0) is 4.74 Å². The average molecular weight is 342 g/mol. The van der Waals surface area contributed by atoms with Crippen molar-refractivity contribution in [1.29, 1.82) is 0 Å². The van der Waals surface area contributed by atoms with Crippen molar-refractivity contribution in [3.63, 3.8) is 0 Å². The second-order valence-electron chi connectivity index (χ2n) is 6.42. The number of nitrogens with zero attached hydrogens (tertiary/aromatic N) is 2. The van der Waals surface area contributed by atoms with E-state index in [2.05, 4.69) is 53.9 Å². The maximum atomic E-state index is 5.66. The third kappa shape index (κ3) is 3.31. The molecular formula is C15H24BrN3O. The Labute approximate surface area is 129 Å². The van der Waals surface area contributed by atoms with Crippen LogP contribution in [0, 0.1) is 5.41 Å². The molecule has 1 aromatic heterocycles. The number of halogens is 1. The Morgan fingerprint density at radius 3 is 2.45 bits per heavy atom. The average Bonchev–Trinajstić information content (AvgIpc) is 3.16. The molecule has 1 heterocycles. The predicted molar refractivity (Wildman–Crippen MR) is 85.1 cm³/mol. The quantitative estimate of drug-likeness (QED) is 0.868. The molecule has 0 amide bonds. The molecule has 1 fully saturated rings. The lowest BCUT2D eigenvalue weighted by Crippen LogP contribution is -2.23. The summed E-state index contributed by atoms with van der Waals surface area (Å²) in [7, 11) is 1.73. The molecule has 1 atom stereocenters. The molecule has 0 spiro atoms. The minimum Gasteiger partial charge on any atom is -0.373 e. The molecule has 1 saturated carbocycles. The first-order valence-corrected chi connectivity index (χ1v) is 8.01. The molecule has 0 radical (unpaired) electrons. The normalized spacial score (nSPS) is 17.1. The van der Waals surface area contributed by atoms with E-state index in [4.69, 9.17) is 9.72 Å². The summed E-state index contributed by atoms with van der Waals surface area (Å²) in [6.45, 7) is 9.36. The Bertz CT molecular complexity index is 481. The minimum absolute atomic E-state index is 0.0348. The zero-order chi connectivity index (χ0) is 14.9. The first kappa shape index (κ1) is 15.7. The van der Waals surface area contributed by atoms with Gasteiger partial charge in [0.2, 0.25) is 0 Å². The van der Waals surface area contributed by atoms with Gasteiger partial charge < -0.3 is 10.1 Å². The Hall–Kier alpha value is -0.680. The van der Waals surface area contributed by atoms with Crippen molar-refractivity contribution in [3.8, 4) is 0 Å². The topological polar surface area (TPSA) is 47.0 Å². The van der Waals surface area contributed by atoms with Gasteiger partial charge in [0.15, 0.2) is 5.82 Å². The fourth-order valence-corrected chi connectivity index (χ4v) is 3.00. The SMILES string of the molecule is CCNc1nc(C(OC)C(C)(C)C)nc(C2CC2)c1Br. The minimum atomic E-state index is -0.106. The molecule has 0 bridgehead atoms. The third-order valence-electron chi connectivity index (χ3n) is 3.46. The lowest BCUT2D eigenvalue weighted by molar-refractivity contribution is 0.00858. The van der Waals surface area contributed by atoms with Gasteiger partial charge in [0.25, 0.3) is 0 Å². The van der Waals surface area contributed by atoms with Crippen LogP contribution >= 0.6 is 15.9 Å². The summed E-state index contributed by atoms with van der Waals surface area (Å²) < 4.78 is 6.67. The van der Waals surface area contributed by atoms with E-state index in [9.17, 15) is 0 Å². The smallest absolute Gasteiger partial charge is 0.160 e. The lowest BCUT2D eigenvalue weighted by atomic mass is 9.88. The molecule has 112 valence electrons. The van der Waals surface area contributed by atoms with Crippen LogP contribution in [0.3, 0.4) is 0 Å². The predicted octanol–water partition coefficient (Wildman–Crippen LogP) is 4.28. The lowest BCUT2D eigenvalue weighted by Gasteiger charge is -2.28. The van der Waals surface area contributed by atoms with E-state index in [0.717, 1.165) is 28.4 Å². The number of anilines is 1. The Balaban J connectivity index is 2.46. The number of rotatable bonds is 5. The molecule has 0 aliphatic heterocycles. The van der Waals surface area contributed by atoms with E-state index in [-0.39, 0.29) is 11.5 Å². The van der Waals surface area contributed by atoms with Gasteiger partial charge >= 0.3 is 0 Å². The highest BCUT2D eigenvalue weighted by Gasteiger charge is 2.33. The highest BCUT2D eigenvalue weighted by molar-refractivity contribution is 9.10. The molecule has 1 aromatic rings. The van der Waals surface area contributed by atoms with Gasteiger partial charge in [0, 0.05) is 19.6 Å². The van der Waals surface area contributed by atoms with E-state index >= 15 is 0 Å². The van der Waals surface area contributed by atoms with Crippen LogP contribution < -0.4 is 5.32 Å². The number of aromatic nitrogens is 2. The van der Waals surface area contributed by atoms with Crippen LogP contribution in [0.2, 0.25) is 0 Å². The van der Waals surface area contributed by atoms with Gasteiger partial charge in [-0.2, -0.15) is 0 Å². The summed E-state index contributed by atoms with van der Waals surface area (Å²) in [5.74, 6) is 2.23. The van der Waals surface area contributed by atoms with Gasteiger partial charge in [-0.3, -0.25) is 0 Å². The molecule has 20 heavy (non-hydrogen) atoms. The van der Waals surface area contributed by atoms with Crippen molar-refractivity contribution in [2.45, 2.75) is 52.6 Å². The molecule has 0 saturated heterocycles. The van der Waals surface area contributed by atoms with Crippen molar-refractivity contribution >= 4 is 21.7 Å². The third-order valence-corrected chi connectivity index (χ3v) is 4.24. The first-order chi connectivity index (χ1) is 9.38. The monoisotopic (exact) mass is 341 g/mol. The molecule has 1 aliphatic rings. The van der Waals surface area contributed by atoms with Crippen molar-refractivity contribution in [2.75, 3.05) is 19.0 Å². The number of methoxy groups -OCH3 is 1. The van der Waals surface area contributed by atoms with Gasteiger partial charge in [0.05, 0.1) is 10.2 Å². The summed E-state index contributed by atoms with van der Waals surface area (Å²) >= 11 is 3.65. The Morgan fingerprint density at radius 1 is 1.35 bits per heavy atom. The van der Waals surface area contributed by atoms with E-state index in [1.807, 2.05) is 0 Å². The van der Waals surface area contributed by atoms with Crippen LogP contribution in [0.15, 0.2) is 4.47 Å². The van der Waals surface area contributed by atoms with Crippen LogP contribution in [0.25, 0.3) is 0 Å². The Morgan fingerprint density at radius 2 is 2.00 bits per heavy atom. The molecule has 2 rings (SSSR count). The number of hydrogen-bond donors (Lipinski definition) is 1. The molecular weight excluding hydrogens is 318 g/mol. The largest absolute Gasteiger partial charge is 0.373 e. The maximum absolute atomic E-state index is 5.66. The summed E-state index contributed by atoms with van der Waals surface area (Å²) in [4.78, 5) is 9.47. The van der Waals surface area contributed by atoms with Crippen LogP contribution in [0.1, 0.15) is 64.1 Å². The summed E-state index contributed by atoms with van der Waals surface area (Å²) in [6, 6.07) is 0. The fraction of sp³-hybridized carbons (Fsp3) is 0.733. The Kier molecular flexibility index (Phi) is 4.69. The van der Waals surface area contributed by atoms with Crippen LogP contribution in [0.4, 0.5) is 5.82 Å². The maximum Gasteiger partial charge on any atom is 0.160 e. The van der Waals surface area contributed by atoms with Gasteiger partial charge in [-0.15, -0.1) is 0 Å². The molecule has 0 aromatic carbocycles. The van der Waals surface area contributed by atoms with Gasteiger partial charge in [-0.1, -0.05) is 20.8 Å². The molecule has 4 nitrogen and oxygen atoms in total. The van der Waals surface area contributed by atoms with Crippen molar-refractivity contribution in [3.05, 3.63) is 16.0 Å². The standard InChI is InChI=1S/C15H24BrN3O/c1-6-17-13-10(16)11(9-7-8-9)18-14(19-13)12(20-5)15(2,3)4/h9,12H,6-8H2,1-5H3,(H,17,18,19). The van der Waals surface area contributed by atoms with Crippen molar-refractivity contribution in [2.24, 2.45) is 5.41 Å². The van der Waals surface area contributed by atoms with E-state index in [0.29, 0.717) is 5.92 Å². The van der Waals surface area contributed by atoms with Crippen molar-refractivity contribution in [1.82, 2.24) is 9.97 Å². The van der Waals surface area contributed by atoms with Crippen LogP contribution in [-0.4, -0.2) is 23.6 Å². The molecule has 1 unspecified atom stereocenters. The summed E-state index contributed by atoms with van der Waals surface area (Å²) in [6.07, 6.45) is 2.33. The van der Waals surface area contributed by atoms with Crippen LogP contribution in [0.5, 0.6) is 0 Å². The van der Waals surface area contributed by atoms with Gasteiger partial charge in [-0.05, 0) is 41.1 Å². The highest BCUT2D eigenvalue weighted by Crippen LogP contribution is 2.45. The van der Waals surface area contributed by atoms with E-state index in [1.165, 1.54) is 12.8 Å². The van der Waals surface area contributed by atoms with E-state index in [1.54, 1.807) is 7.11 Å². The number of hydrogen-bond acceptors (Lipinski definition) is 4. The number of nitrogens with one attached hydrogen (secondary N) is 1. The van der Waals surface area contributed by atoms with Gasteiger partial charge in [0.1, 0.15) is 11.9 Å². The fourth-order valence-electron chi connectivity index (χ4n) is 2.36. The molecule has 5 heteroatoms. The second-order valence-corrected chi connectivity index (χ2v) is 7.21. The molecule has 1 N–H and O–H groups in total. The summed E-state index contributed by atoms with van der Waals surface area (Å²) in [5.41, 5.74) is 1.09. The zero-order valence-corrected chi connectivity index (χ0v) is 14.5. The second kappa shape index (κ2) is 5.98. The highest BCUT2D eigenvalue weighted by atomic mass is 79.9. The zero-order valence-electron chi connectivity index (χ0n) is 13.0. The molecule has 1 aliphatic carbocycles. The first-order valence-electron chi connectivity index (χ1n) is 7.22. The van der Waals surface area contributed by atoms with Gasteiger partial charge in [-0.25, -0.2) is 9.97 Å². The number of ether oxygens (including phenoxy) is 1. The van der Waals surface area contributed by atoms with E-state index < -0.39 is 0 Å².